The van der Waals surface area contributed by atoms with Gasteiger partial charge in [-0.1, -0.05) is 0 Å². The van der Waals surface area contributed by atoms with Crippen molar-refractivity contribution in [2.75, 3.05) is 14.2 Å². The minimum Gasteiger partial charge on any atom is -0.504 e. The van der Waals surface area contributed by atoms with E-state index in [1.54, 1.807) is 26.4 Å². The fourth-order valence-electron chi connectivity index (χ4n) is 3.84. The number of methoxy groups -OCH3 is 2. The van der Waals surface area contributed by atoms with Crippen molar-refractivity contribution in [1.82, 2.24) is 0 Å². The second kappa shape index (κ2) is 5.95. The Morgan fingerprint density at radius 1 is 1.08 bits per heavy atom. The van der Waals surface area contributed by atoms with Gasteiger partial charge >= 0.3 is 0 Å². The molecule has 0 saturated carbocycles. The van der Waals surface area contributed by atoms with E-state index in [9.17, 15) is 10.2 Å². The molecule has 0 fully saturated rings. The van der Waals surface area contributed by atoms with Crippen molar-refractivity contribution in [2.24, 2.45) is 0 Å². The van der Waals surface area contributed by atoms with E-state index in [1.165, 1.54) is 0 Å². The smallest absolute Gasteiger partial charge is 0.287 e. The quantitative estimate of drug-likeness (QED) is 0.408. The van der Waals surface area contributed by atoms with Crippen molar-refractivity contribution in [3.8, 4) is 34.3 Å². The SMILES string of the molecule is COc1ccc2c(C)c3[n+](c(Cl)c2c1OC)CCc1cc(O)c(O)cc1-3. The van der Waals surface area contributed by atoms with Gasteiger partial charge in [0, 0.05) is 17.4 Å². The summed E-state index contributed by atoms with van der Waals surface area (Å²) >= 11 is 6.80. The van der Waals surface area contributed by atoms with E-state index < -0.39 is 0 Å². The molecule has 3 aromatic rings. The number of aryl methyl sites for hydroxylation is 2. The van der Waals surface area contributed by atoms with Crippen molar-refractivity contribution in [2.45, 2.75) is 19.9 Å². The Kier molecular flexibility index (Phi) is 3.84. The van der Waals surface area contributed by atoms with Crippen LogP contribution in [0.15, 0.2) is 24.3 Å². The number of phenolic OH excluding ortho intramolecular Hbond substituents is 2. The minimum absolute atomic E-state index is 0.104. The van der Waals surface area contributed by atoms with E-state index >= 15 is 0 Å². The maximum absolute atomic E-state index is 10.00. The summed E-state index contributed by atoms with van der Waals surface area (Å²) in [7, 11) is 3.20. The normalized spacial score (nSPS) is 12.6. The first-order chi connectivity index (χ1) is 12.5. The Balaban J connectivity index is 2.13. The molecule has 0 bridgehead atoms. The van der Waals surface area contributed by atoms with Gasteiger partial charge in [0.1, 0.15) is 5.39 Å². The lowest BCUT2D eigenvalue weighted by atomic mass is 9.91. The Bertz CT molecular complexity index is 1060. The first-order valence-electron chi connectivity index (χ1n) is 8.29. The summed E-state index contributed by atoms with van der Waals surface area (Å²) in [4.78, 5) is 0. The van der Waals surface area contributed by atoms with E-state index in [2.05, 4.69) is 0 Å². The summed E-state index contributed by atoms with van der Waals surface area (Å²) in [5.74, 6) is 0.988. The lowest BCUT2D eigenvalue weighted by molar-refractivity contribution is -0.684. The summed E-state index contributed by atoms with van der Waals surface area (Å²) in [5, 5.41) is 22.2. The number of rotatable bonds is 2. The summed E-state index contributed by atoms with van der Waals surface area (Å²) in [6.45, 7) is 2.69. The molecule has 0 aliphatic carbocycles. The molecule has 1 aromatic heterocycles. The highest BCUT2D eigenvalue weighted by Crippen LogP contribution is 2.44. The summed E-state index contributed by atoms with van der Waals surface area (Å²) in [6.07, 6.45) is 0.706. The number of halogens is 1. The van der Waals surface area contributed by atoms with E-state index in [0.29, 0.717) is 29.6 Å². The molecule has 2 heterocycles. The molecule has 0 radical (unpaired) electrons. The molecule has 0 spiro atoms. The maximum Gasteiger partial charge on any atom is 0.287 e. The number of nitrogens with zero attached hydrogens (tertiary/aromatic N) is 1. The largest absolute Gasteiger partial charge is 0.504 e. The molecule has 134 valence electrons. The molecule has 26 heavy (non-hydrogen) atoms. The lowest BCUT2D eigenvalue weighted by Crippen LogP contribution is -2.42. The molecular formula is C20H19ClNO4+. The van der Waals surface area contributed by atoms with E-state index in [0.717, 1.165) is 33.2 Å². The summed E-state index contributed by atoms with van der Waals surface area (Å²) < 4.78 is 13.0. The predicted octanol–water partition coefficient (Wildman–Crippen LogP) is 3.74. The maximum atomic E-state index is 10.00. The molecule has 0 atom stereocenters. The van der Waals surface area contributed by atoms with E-state index in [4.69, 9.17) is 21.1 Å². The number of phenols is 2. The lowest BCUT2D eigenvalue weighted by Gasteiger charge is -2.21. The molecule has 2 aromatic carbocycles. The zero-order valence-electron chi connectivity index (χ0n) is 14.8. The number of hydrogen-bond acceptors (Lipinski definition) is 4. The molecule has 5 nitrogen and oxygen atoms in total. The van der Waals surface area contributed by atoms with Crippen LogP contribution in [0, 0.1) is 6.92 Å². The van der Waals surface area contributed by atoms with Gasteiger partial charge in [-0.3, -0.25) is 0 Å². The number of benzene rings is 2. The van der Waals surface area contributed by atoms with Gasteiger partial charge in [0.05, 0.1) is 19.8 Å². The van der Waals surface area contributed by atoms with Gasteiger partial charge in [-0.05, 0) is 48.4 Å². The number of ether oxygens (including phenoxy) is 2. The van der Waals surface area contributed by atoms with Gasteiger partial charge in [-0.2, -0.15) is 4.57 Å². The second-order valence-corrected chi connectivity index (χ2v) is 6.75. The standard InChI is InChI=1S/C20H18ClNO4/c1-10-12-4-5-16(25-2)19(26-3)17(12)20(21)22-7-6-11-8-14(23)15(24)9-13(11)18(10)22/h4-5,8-9,24H,6-7H2,1-3H3/p+1. The average Bonchev–Trinajstić information content (AvgIpc) is 2.65. The van der Waals surface area contributed by atoms with Gasteiger partial charge < -0.3 is 19.7 Å². The first kappa shape index (κ1) is 16.8. The van der Waals surface area contributed by atoms with Crippen molar-refractivity contribution in [3.63, 3.8) is 0 Å². The molecule has 1 aliphatic heterocycles. The Hall–Kier alpha value is -2.66. The van der Waals surface area contributed by atoms with Gasteiger partial charge in [-0.15, -0.1) is 0 Å². The van der Waals surface area contributed by atoms with Crippen LogP contribution in [0.25, 0.3) is 22.0 Å². The fraction of sp³-hybridized carbons (Fsp3) is 0.250. The molecule has 2 N–H and O–H groups in total. The highest BCUT2D eigenvalue weighted by atomic mass is 35.5. The van der Waals surface area contributed by atoms with Crippen LogP contribution in [0.1, 0.15) is 11.1 Å². The van der Waals surface area contributed by atoms with Crippen LogP contribution in [-0.4, -0.2) is 24.4 Å². The van der Waals surface area contributed by atoms with Crippen LogP contribution in [0.3, 0.4) is 0 Å². The second-order valence-electron chi connectivity index (χ2n) is 6.39. The van der Waals surface area contributed by atoms with Crippen LogP contribution < -0.4 is 14.0 Å². The van der Waals surface area contributed by atoms with Gasteiger partial charge in [0.25, 0.3) is 5.15 Å². The number of aromatic hydroxyl groups is 2. The third-order valence-corrected chi connectivity index (χ3v) is 5.47. The summed E-state index contributed by atoms with van der Waals surface area (Å²) in [6, 6.07) is 7.05. The molecule has 0 unspecified atom stereocenters. The van der Waals surface area contributed by atoms with Crippen LogP contribution >= 0.6 is 11.6 Å². The Morgan fingerprint density at radius 2 is 1.81 bits per heavy atom. The molecule has 4 rings (SSSR count). The zero-order valence-corrected chi connectivity index (χ0v) is 15.5. The van der Waals surface area contributed by atoms with Crippen LogP contribution in [0.4, 0.5) is 0 Å². The number of pyridine rings is 1. The molecule has 6 heteroatoms. The van der Waals surface area contributed by atoms with Gasteiger partial charge in [0.2, 0.25) is 5.69 Å². The molecule has 0 saturated heterocycles. The third kappa shape index (κ3) is 2.20. The average molecular weight is 373 g/mol. The van der Waals surface area contributed by atoms with Crippen LogP contribution in [0.5, 0.6) is 23.0 Å². The van der Waals surface area contributed by atoms with E-state index in [-0.39, 0.29) is 11.5 Å². The van der Waals surface area contributed by atoms with Gasteiger partial charge in [-0.25, -0.2) is 0 Å². The molecule has 0 amide bonds. The third-order valence-electron chi connectivity index (χ3n) is 5.08. The zero-order chi connectivity index (χ0) is 18.6. The Labute approximate surface area is 156 Å². The van der Waals surface area contributed by atoms with Crippen molar-refractivity contribution in [1.29, 1.82) is 0 Å². The van der Waals surface area contributed by atoms with Crippen molar-refractivity contribution in [3.05, 3.63) is 40.5 Å². The highest BCUT2D eigenvalue weighted by Gasteiger charge is 2.33. The topological polar surface area (TPSA) is 62.8 Å². The predicted molar refractivity (Wildman–Crippen MR) is 99.5 cm³/mol. The monoisotopic (exact) mass is 372 g/mol. The van der Waals surface area contributed by atoms with E-state index in [1.807, 2.05) is 23.6 Å². The number of aromatic nitrogens is 1. The van der Waals surface area contributed by atoms with Gasteiger partial charge in [0.15, 0.2) is 29.5 Å². The molecule has 1 aliphatic rings. The first-order valence-corrected chi connectivity index (χ1v) is 8.67. The fourth-order valence-corrected chi connectivity index (χ4v) is 4.20. The number of fused-ring (bicyclic) bond motifs is 4. The number of hydrogen-bond donors (Lipinski definition) is 2. The minimum atomic E-state index is -0.139. The highest BCUT2D eigenvalue weighted by molar-refractivity contribution is 6.34. The molecular weight excluding hydrogens is 354 g/mol. The van der Waals surface area contributed by atoms with Crippen molar-refractivity contribution < 1.29 is 24.3 Å². The van der Waals surface area contributed by atoms with Crippen LogP contribution in [0.2, 0.25) is 5.15 Å². The Morgan fingerprint density at radius 3 is 2.50 bits per heavy atom. The summed E-state index contributed by atoms with van der Waals surface area (Å²) in [5.41, 5.74) is 3.82. The van der Waals surface area contributed by atoms with Crippen molar-refractivity contribution >= 4 is 22.4 Å². The van der Waals surface area contributed by atoms with Crippen LogP contribution in [-0.2, 0) is 13.0 Å².